The molecule has 138 valence electrons. The molecule has 0 saturated carbocycles. The minimum atomic E-state index is -0.579. The number of anilines is 1. The van der Waals surface area contributed by atoms with Gasteiger partial charge in [0.1, 0.15) is 0 Å². The van der Waals surface area contributed by atoms with Gasteiger partial charge in [0.2, 0.25) is 0 Å². The third-order valence-electron chi connectivity index (χ3n) is 4.98. The van der Waals surface area contributed by atoms with Gasteiger partial charge >= 0.3 is 12.1 Å². The molecule has 0 bridgehead atoms. The molecule has 0 spiro atoms. The molecular formula is C20H20N4O3. The first-order valence-electron chi connectivity index (χ1n) is 8.79. The molecule has 2 aromatic carbocycles. The second-order valence-corrected chi connectivity index (χ2v) is 6.60. The van der Waals surface area contributed by atoms with E-state index in [1.165, 1.54) is 30.0 Å². The number of amides is 2. The van der Waals surface area contributed by atoms with E-state index in [4.69, 9.17) is 4.74 Å². The lowest BCUT2D eigenvalue weighted by Gasteiger charge is -2.17. The fourth-order valence-electron chi connectivity index (χ4n) is 3.76. The lowest BCUT2D eigenvalue weighted by atomic mass is 10.0. The van der Waals surface area contributed by atoms with Crippen molar-refractivity contribution < 1.29 is 14.3 Å². The fourth-order valence-corrected chi connectivity index (χ4v) is 3.76. The molecule has 3 aromatic rings. The van der Waals surface area contributed by atoms with Crippen LogP contribution in [0.1, 0.15) is 29.2 Å². The van der Waals surface area contributed by atoms with Gasteiger partial charge in [-0.1, -0.05) is 24.3 Å². The van der Waals surface area contributed by atoms with Crippen LogP contribution >= 0.6 is 0 Å². The molecule has 1 atom stereocenters. The van der Waals surface area contributed by atoms with Gasteiger partial charge in [-0.05, 0) is 48.6 Å². The molecule has 1 heterocycles. The third-order valence-corrected chi connectivity index (χ3v) is 4.98. The average Bonchev–Trinajstić information content (AvgIpc) is 3.27. The largest absolute Gasteiger partial charge is 0.451 e. The summed E-state index contributed by atoms with van der Waals surface area (Å²) in [6.45, 7) is 2.07. The highest BCUT2D eigenvalue weighted by atomic mass is 16.5. The van der Waals surface area contributed by atoms with E-state index in [1.54, 1.807) is 18.2 Å². The molecule has 0 fully saturated rings. The maximum atomic E-state index is 12.6. The summed E-state index contributed by atoms with van der Waals surface area (Å²) in [6, 6.07) is 11.2. The third kappa shape index (κ3) is 3.01. The van der Waals surface area contributed by atoms with Crippen LogP contribution < -0.4 is 10.6 Å². The molecule has 7 nitrogen and oxygen atoms in total. The molecule has 1 aromatic heterocycles. The second kappa shape index (κ2) is 6.75. The van der Waals surface area contributed by atoms with Gasteiger partial charge in [-0.15, -0.1) is 0 Å². The van der Waals surface area contributed by atoms with E-state index in [0.29, 0.717) is 16.6 Å². The molecule has 0 aliphatic heterocycles. The smallest absolute Gasteiger partial charge is 0.434 e. The monoisotopic (exact) mass is 364 g/mol. The number of aryl methyl sites for hydroxylation is 2. The number of nitrogens with one attached hydrogen (secondary N) is 2. The van der Waals surface area contributed by atoms with Gasteiger partial charge in [-0.2, -0.15) is 9.78 Å². The summed E-state index contributed by atoms with van der Waals surface area (Å²) in [6.07, 6.45) is 2.81. The zero-order valence-corrected chi connectivity index (χ0v) is 15.2. The van der Waals surface area contributed by atoms with E-state index in [-0.39, 0.29) is 12.1 Å². The van der Waals surface area contributed by atoms with Gasteiger partial charge < -0.3 is 15.4 Å². The molecule has 4 rings (SSSR count). The number of carbonyl (C=O) groups is 2. The maximum Gasteiger partial charge on any atom is 0.434 e. The van der Waals surface area contributed by atoms with Crippen molar-refractivity contribution in [2.24, 2.45) is 0 Å². The van der Waals surface area contributed by atoms with Crippen LogP contribution in [0.5, 0.6) is 0 Å². The molecule has 1 unspecified atom stereocenters. The predicted molar refractivity (Wildman–Crippen MR) is 102 cm³/mol. The molecule has 2 amide bonds. The van der Waals surface area contributed by atoms with Crippen molar-refractivity contribution in [2.45, 2.75) is 25.8 Å². The Morgan fingerprint density at radius 2 is 2.04 bits per heavy atom. The Morgan fingerprint density at radius 3 is 2.85 bits per heavy atom. The summed E-state index contributed by atoms with van der Waals surface area (Å²) in [5, 5.41) is 10.7. The number of methoxy groups -OCH3 is 1. The van der Waals surface area contributed by atoms with Crippen LogP contribution in [0, 0.1) is 6.92 Å². The van der Waals surface area contributed by atoms with Crippen molar-refractivity contribution in [3.05, 3.63) is 59.3 Å². The van der Waals surface area contributed by atoms with Crippen molar-refractivity contribution >= 4 is 28.7 Å². The number of benzene rings is 2. The van der Waals surface area contributed by atoms with Crippen LogP contribution in [0.15, 0.2) is 42.6 Å². The molecule has 1 aliphatic carbocycles. The van der Waals surface area contributed by atoms with Crippen molar-refractivity contribution in [1.82, 2.24) is 15.1 Å². The number of fused-ring (bicyclic) bond motifs is 2. The highest BCUT2D eigenvalue weighted by molar-refractivity contribution is 6.02. The van der Waals surface area contributed by atoms with E-state index in [2.05, 4.69) is 40.9 Å². The van der Waals surface area contributed by atoms with Gasteiger partial charge in [-0.3, -0.25) is 0 Å². The average molecular weight is 364 g/mol. The first-order valence-corrected chi connectivity index (χ1v) is 8.79. The summed E-state index contributed by atoms with van der Waals surface area (Å²) in [5.74, 6) is 0. The second-order valence-electron chi connectivity index (χ2n) is 6.60. The van der Waals surface area contributed by atoms with Gasteiger partial charge in [0, 0.05) is 5.39 Å². The van der Waals surface area contributed by atoms with Crippen LogP contribution in [-0.4, -0.2) is 29.0 Å². The Bertz CT molecular complexity index is 1040. The zero-order chi connectivity index (χ0) is 19.0. The number of hydrogen-bond donors (Lipinski definition) is 2. The summed E-state index contributed by atoms with van der Waals surface area (Å²) in [4.78, 5) is 24.4. The van der Waals surface area contributed by atoms with Gasteiger partial charge in [0.05, 0.1) is 30.6 Å². The number of nitrogens with zero attached hydrogens (tertiary/aromatic N) is 2. The first-order chi connectivity index (χ1) is 13.1. The first kappa shape index (κ1) is 17.1. The van der Waals surface area contributed by atoms with Gasteiger partial charge in [-0.25, -0.2) is 9.59 Å². The molecule has 2 N–H and O–H groups in total. The number of urea groups is 1. The van der Waals surface area contributed by atoms with Crippen LogP contribution in [0.25, 0.3) is 10.9 Å². The Kier molecular flexibility index (Phi) is 4.27. The minimum absolute atomic E-state index is 0.00167. The standard InChI is InChI=1S/C20H20N4O3/c1-12-5-3-6-13-9-10-16(18(12)13)23-19(25)22-15-7-4-8-17-14(15)11-21-24(17)20(26)27-2/h3-8,11,16H,9-10H2,1-2H3,(H2,22,23,25). The highest BCUT2D eigenvalue weighted by Crippen LogP contribution is 2.33. The van der Waals surface area contributed by atoms with Crippen molar-refractivity contribution in [3.8, 4) is 0 Å². The van der Waals surface area contributed by atoms with E-state index >= 15 is 0 Å². The minimum Gasteiger partial charge on any atom is -0.451 e. The normalized spacial score (nSPS) is 15.4. The van der Waals surface area contributed by atoms with E-state index in [1.807, 2.05) is 0 Å². The van der Waals surface area contributed by atoms with E-state index in [0.717, 1.165) is 17.5 Å². The quantitative estimate of drug-likeness (QED) is 0.725. The van der Waals surface area contributed by atoms with Crippen molar-refractivity contribution in [1.29, 1.82) is 0 Å². The Balaban J connectivity index is 1.55. The summed E-state index contributed by atoms with van der Waals surface area (Å²) < 4.78 is 5.88. The summed E-state index contributed by atoms with van der Waals surface area (Å²) >= 11 is 0. The van der Waals surface area contributed by atoms with Crippen molar-refractivity contribution in [3.63, 3.8) is 0 Å². The maximum absolute atomic E-state index is 12.6. The molecular weight excluding hydrogens is 344 g/mol. The fraction of sp³-hybridized carbons (Fsp3) is 0.250. The van der Waals surface area contributed by atoms with Crippen molar-refractivity contribution in [2.75, 3.05) is 12.4 Å². The van der Waals surface area contributed by atoms with Crippen LogP contribution in [0.2, 0.25) is 0 Å². The van der Waals surface area contributed by atoms with Gasteiger partial charge in [0.25, 0.3) is 0 Å². The Morgan fingerprint density at radius 1 is 1.22 bits per heavy atom. The number of rotatable bonds is 2. The molecule has 1 aliphatic rings. The SMILES string of the molecule is COC(=O)n1ncc2c(NC(=O)NC3CCc4cccc(C)c43)cccc21. The summed E-state index contributed by atoms with van der Waals surface area (Å²) in [7, 11) is 1.30. The van der Waals surface area contributed by atoms with Crippen LogP contribution in [-0.2, 0) is 11.2 Å². The number of ether oxygens (including phenoxy) is 1. The van der Waals surface area contributed by atoms with E-state index in [9.17, 15) is 9.59 Å². The predicted octanol–water partition coefficient (Wildman–Crippen LogP) is 3.77. The lowest BCUT2D eigenvalue weighted by molar-refractivity contribution is 0.170. The Labute approximate surface area is 156 Å². The summed E-state index contributed by atoms with van der Waals surface area (Å²) in [5.41, 5.74) is 4.85. The molecule has 27 heavy (non-hydrogen) atoms. The number of hydrogen-bond acceptors (Lipinski definition) is 4. The zero-order valence-electron chi connectivity index (χ0n) is 15.2. The topological polar surface area (TPSA) is 85.2 Å². The number of aromatic nitrogens is 2. The Hall–Kier alpha value is -3.35. The molecule has 0 saturated heterocycles. The molecule has 0 radical (unpaired) electrons. The van der Waals surface area contributed by atoms with E-state index < -0.39 is 6.09 Å². The van der Waals surface area contributed by atoms with Crippen LogP contribution in [0.4, 0.5) is 15.3 Å². The number of carbonyl (C=O) groups excluding carboxylic acids is 2. The lowest BCUT2D eigenvalue weighted by Crippen LogP contribution is -2.31. The van der Waals surface area contributed by atoms with Gasteiger partial charge in [0.15, 0.2) is 0 Å². The highest BCUT2D eigenvalue weighted by Gasteiger charge is 2.25. The molecule has 7 heteroatoms. The van der Waals surface area contributed by atoms with Crippen LogP contribution in [0.3, 0.4) is 0 Å².